The van der Waals surface area contributed by atoms with Crippen LogP contribution in [0.25, 0.3) is 6.08 Å². The van der Waals surface area contributed by atoms with Crippen LogP contribution in [0.5, 0.6) is 0 Å². The Kier molecular flexibility index (Phi) is 5.04. The van der Waals surface area contributed by atoms with Crippen LogP contribution >= 0.6 is 11.8 Å². The Balaban J connectivity index is 1.93. The van der Waals surface area contributed by atoms with Gasteiger partial charge in [0.05, 0.1) is 16.6 Å². The van der Waals surface area contributed by atoms with Crippen molar-refractivity contribution in [3.05, 3.63) is 82.3 Å². The Hall–Kier alpha value is -3.12. The van der Waals surface area contributed by atoms with Crippen molar-refractivity contribution < 1.29 is 19.5 Å². The number of carboxylic acids is 1. The van der Waals surface area contributed by atoms with Crippen molar-refractivity contribution in [1.29, 1.82) is 0 Å². The minimum atomic E-state index is -1.44. The zero-order chi connectivity index (χ0) is 18.7. The van der Waals surface area contributed by atoms with E-state index < -0.39 is 17.1 Å². The quantitative estimate of drug-likeness (QED) is 0.779. The molecule has 3 rings (SSSR count). The fourth-order valence-electron chi connectivity index (χ4n) is 2.58. The molecule has 2 aromatic carbocycles. The number of allylic oxidation sites excluding steroid dienone is 2. The summed E-state index contributed by atoms with van der Waals surface area (Å²) in [7, 11) is 0. The van der Waals surface area contributed by atoms with Crippen molar-refractivity contribution in [2.24, 2.45) is 0 Å². The van der Waals surface area contributed by atoms with Gasteiger partial charge in [0.15, 0.2) is 0 Å². The predicted molar refractivity (Wildman–Crippen MR) is 99.4 cm³/mol. The maximum atomic E-state index is 12.7. The van der Waals surface area contributed by atoms with E-state index in [1.165, 1.54) is 18.2 Å². The molecule has 0 radical (unpaired) electrons. The number of para-hydroxylation sites is 1. The molecule has 1 aliphatic rings. The van der Waals surface area contributed by atoms with Gasteiger partial charge in [-0.1, -0.05) is 54.6 Å². The average molecular weight is 364 g/mol. The van der Waals surface area contributed by atoms with E-state index in [1.807, 2.05) is 43.3 Å². The highest BCUT2D eigenvalue weighted by Crippen LogP contribution is 2.36. The molecule has 1 fully saturated rings. The van der Waals surface area contributed by atoms with E-state index in [4.69, 9.17) is 0 Å². The number of nitrogens with zero attached hydrogens (tertiary/aromatic N) is 1. The molecule has 0 spiro atoms. The highest BCUT2D eigenvalue weighted by Gasteiger charge is 2.37. The van der Waals surface area contributed by atoms with E-state index in [2.05, 4.69) is 0 Å². The van der Waals surface area contributed by atoms with Crippen molar-refractivity contribution in [3.8, 4) is 0 Å². The molecule has 0 unspecified atom stereocenters. The number of carboxylic acid groups (broad SMARTS) is 1. The van der Waals surface area contributed by atoms with Crippen LogP contribution in [0.15, 0.2) is 71.2 Å². The van der Waals surface area contributed by atoms with Crippen LogP contribution < -0.4 is 10.0 Å². The molecule has 0 aromatic heterocycles. The highest BCUT2D eigenvalue weighted by atomic mass is 32.2. The second-order valence-corrected chi connectivity index (χ2v) is 6.61. The first-order chi connectivity index (χ1) is 12.5. The van der Waals surface area contributed by atoms with Gasteiger partial charge in [-0.15, -0.1) is 0 Å². The molecule has 130 valence electrons. The van der Waals surface area contributed by atoms with Gasteiger partial charge in [-0.2, -0.15) is 0 Å². The summed E-state index contributed by atoms with van der Waals surface area (Å²) in [5, 5.41) is 10.7. The number of carbonyl (C=O) groups excluding carboxylic acids is 3. The van der Waals surface area contributed by atoms with Crippen LogP contribution in [0.1, 0.15) is 22.8 Å². The van der Waals surface area contributed by atoms with Crippen LogP contribution in [0.4, 0.5) is 10.5 Å². The third-order valence-corrected chi connectivity index (χ3v) is 4.58. The molecule has 5 nitrogen and oxygen atoms in total. The number of imide groups is 1. The SMILES string of the molecule is CC(=C\c1ccccc1)/C=C1/SC(=O)N(c2ccccc2C(=O)[O-])C1=O. The largest absolute Gasteiger partial charge is 0.545 e. The van der Waals surface area contributed by atoms with Gasteiger partial charge in [0, 0.05) is 5.56 Å². The fourth-order valence-corrected chi connectivity index (χ4v) is 3.46. The number of rotatable bonds is 4. The van der Waals surface area contributed by atoms with Crippen LogP contribution in [-0.2, 0) is 4.79 Å². The smallest absolute Gasteiger partial charge is 0.298 e. The molecule has 0 bridgehead atoms. The molecule has 0 aliphatic carbocycles. The predicted octanol–water partition coefficient (Wildman–Crippen LogP) is 3.24. The number of hydrogen-bond donors (Lipinski definition) is 0. The van der Waals surface area contributed by atoms with Gasteiger partial charge < -0.3 is 9.90 Å². The standard InChI is InChI=1S/C20H15NO4S/c1-13(11-14-7-3-2-4-8-14)12-17-18(22)21(20(25)26-17)16-10-6-5-9-15(16)19(23)24/h2-12H,1H3,(H,23,24)/p-1/b13-11+,17-12+. The minimum absolute atomic E-state index is 0.0168. The molecular formula is C20H14NO4S-. The normalized spacial score (nSPS) is 16.4. The second-order valence-electron chi connectivity index (χ2n) is 5.62. The van der Waals surface area contributed by atoms with Gasteiger partial charge in [-0.3, -0.25) is 9.59 Å². The molecule has 1 saturated heterocycles. The highest BCUT2D eigenvalue weighted by molar-refractivity contribution is 8.18. The number of benzene rings is 2. The van der Waals surface area contributed by atoms with Crippen LogP contribution in [0.3, 0.4) is 0 Å². The van der Waals surface area contributed by atoms with Gasteiger partial charge in [0.1, 0.15) is 0 Å². The van der Waals surface area contributed by atoms with Crippen molar-refractivity contribution in [2.75, 3.05) is 4.90 Å². The summed E-state index contributed by atoms with van der Waals surface area (Å²) < 4.78 is 0. The molecule has 1 aliphatic heterocycles. The third kappa shape index (κ3) is 3.60. The Morgan fingerprint density at radius 1 is 1.04 bits per heavy atom. The summed E-state index contributed by atoms with van der Waals surface area (Å²) in [6.45, 7) is 1.83. The lowest BCUT2D eigenvalue weighted by molar-refractivity contribution is -0.254. The van der Waals surface area contributed by atoms with Crippen molar-refractivity contribution >= 4 is 40.6 Å². The summed E-state index contributed by atoms with van der Waals surface area (Å²) in [6, 6.07) is 15.4. The molecule has 2 aromatic rings. The van der Waals surface area contributed by atoms with Crippen LogP contribution in [-0.4, -0.2) is 17.1 Å². The topological polar surface area (TPSA) is 77.5 Å². The van der Waals surface area contributed by atoms with Crippen LogP contribution in [0, 0.1) is 0 Å². The molecule has 0 saturated carbocycles. The zero-order valence-corrected chi connectivity index (χ0v) is 14.7. The van der Waals surface area contributed by atoms with Crippen molar-refractivity contribution in [3.63, 3.8) is 0 Å². The Labute approximate surface area is 154 Å². The number of anilines is 1. The Morgan fingerprint density at radius 3 is 2.38 bits per heavy atom. The third-order valence-electron chi connectivity index (χ3n) is 3.71. The van der Waals surface area contributed by atoms with E-state index in [9.17, 15) is 19.5 Å². The van der Waals surface area contributed by atoms with Gasteiger partial charge in [0.25, 0.3) is 11.1 Å². The summed E-state index contributed by atoms with van der Waals surface area (Å²) in [6.07, 6.45) is 3.52. The lowest BCUT2D eigenvalue weighted by Crippen LogP contribution is -2.32. The lowest BCUT2D eigenvalue weighted by atomic mass is 10.1. The molecule has 26 heavy (non-hydrogen) atoms. The first-order valence-electron chi connectivity index (χ1n) is 7.79. The van der Waals surface area contributed by atoms with Crippen molar-refractivity contribution in [1.82, 2.24) is 0 Å². The number of hydrogen-bond acceptors (Lipinski definition) is 5. The molecule has 1 heterocycles. The second kappa shape index (κ2) is 7.41. The van der Waals surface area contributed by atoms with E-state index in [0.717, 1.165) is 27.8 Å². The lowest BCUT2D eigenvalue weighted by Gasteiger charge is -2.17. The van der Waals surface area contributed by atoms with Gasteiger partial charge >= 0.3 is 0 Å². The first kappa shape index (κ1) is 17.7. The molecule has 6 heteroatoms. The fraction of sp³-hybridized carbons (Fsp3) is 0.0500. The first-order valence-corrected chi connectivity index (χ1v) is 8.60. The summed E-state index contributed by atoms with van der Waals surface area (Å²) in [5.41, 5.74) is 1.59. The van der Waals surface area contributed by atoms with E-state index in [1.54, 1.807) is 12.1 Å². The molecule has 0 N–H and O–H groups in total. The summed E-state index contributed by atoms with van der Waals surface area (Å²) in [5.74, 6) is -1.99. The average Bonchev–Trinajstić information content (AvgIpc) is 2.89. The van der Waals surface area contributed by atoms with Gasteiger partial charge in [-0.05, 0) is 42.0 Å². The van der Waals surface area contributed by atoms with Gasteiger partial charge in [-0.25, -0.2) is 4.90 Å². The van der Waals surface area contributed by atoms with E-state index in [-0.39, 0.29) is 16.2 Å². The van der Waals surface area contributed by atoms with E-state index >= 15 is 0 Å². The molecule has 2 amide bonds. The maximum absolute atomic E-state index is 12.7. The maximum Gasteiger partial charge on any atom is 0.298 e. The van der Waals surface area contributed by atoms with Crippen LogP contribution in [0.2, 0.25) is 0 Å². The number of amides is 2. The Bertz CT molecular complexity index is 947. The zero-order valence-electron chi connectivity index (χ0n) is 13.8. The number of carbonyl (C=O) groups is 3. The van der Waals surface area contributed by atoms with E-state index in [0.29, 0.717) is 0 Å². The minimum Gasteiger partial charge on any atom is -0.545 e. The molecular weight excluding hydrogens is 350 g/mol. The number of aromatic carboxylic acids is 1. The summed E-state index contributed by atoms with van der Waals surface area (Å²) >= 11 is 0.780. The Morgan fingerprint density at radius 2 is 1.69 bits per heavy atom. The summed E-state index contributed by atoms with van der Waals surface area (Å²) in [4.78, 5) is 37.3. The number of thioether (sulfide) groups is 1. The monoisotopic (exact) mass is 364 g/mol. The van der Waals surface area contributed by atoms with Gasteiger partial charge in [0.2, 0.25) is 0 Å². The molecule has 0 atom stereocenters. The van der Waals surface area contributed by atoms with Crippen molar-refractivity contribution in [2.45, 2.75) is 6.92 Å².